The van der Waals surface area contributed by atoms with Gasteiger partial charge in [0.2, 0.25) is 11.8 Å². The van der Waals surface area contributed by atoms with Gasteiger partial charge in [0.1, 0.15) is 5.75 Å². The molecule has 1 aromatic rings. The molecule has 128 valence electrons. The van der Waals surface area contributed by atoms with Crippen LogP contribution in [0.1, 0.15) is 31.4 Å². The van der Waals surface area contributed by atoms with E-state index in [1.54, 1.807) is 24.3 Å². The maximum absolute atomic E-state index is 12.5. The molecule has 0 bridgehead atoms. The van der Waals surface area contributed by atoms with Gasteiger partial charge in [-0.05, 0) is 18.9 Å². The molecular formula is C18H21NO5. The first-order valence-corrected chi connectivity index (χ1v) is 8.34. The van der Waals surface area contributed by atoms with Gasteiger partial charge in [-0.1, -0.05) is 25.1 Å². The van der Waals surface area contributed by atoms with Crippen molar-refractivity contribution in [1.82, 2.24) is 4.90 Å². The Bertz CT molecular complexity index is 719. The fraction of sp³-hybridized carbons (Fsp3) is 0.556. The number of para-hydroxylation sites is 1. The van der Waals surface area contributed by atoms with Crippen molar-refractivity contribution in [3.8, 4) is 5.75 Å². The molecule has 4 rings (SSSR count). The van der Waals surface area contributed by atoms with Gasteiger partial charge in [0, 0.05) is 24.4 Å². The van der Waals surface area contributed by atoms with E-state index in [1.165, 1.54) is 11.9 Å². The Kier molecular flexibility index (Phi) is 3.27. The van der Waals surface area contributed by atoms with Gasteiger partial charge >= 0.3 is 0 Å². The van der Waals surface area contributed by atoms with Gasteiger partial charge in [-0.15, -0.1) is 0 Å². The molecule has 6 nitrogen and oxygen atoms in total. The molecule has 2 aliphatic heterocycles. The minimum Gasteiger partial charge on any atom is -0.508 e. The highest BCUT2D eigenvalue weighted by molar-refractivity contribution is 6.05. The van der Waals surface area contributed by atoms with E-state index in [4.69, 9.17) is 4.74 Å². The zero-order valence-electron chi connectivity index (χ0n) is 13.7. The Hall–Kier alpha value is -1.92. The number of fused-ring (bicyclic) bond motifs is 3. The van der Waals surface area contributed by atoms with Crippen LogP contribution in [-0.2, 0) is 14.3 Å². The number of nitrogens with zero attached hydrogens (tertiary/aromatic N) is 1. The number of aromatic hydroxyl groups is 1. The molecule has 2 amide bonds. The normalized spacial score (nSPS) is 41.5. The Morgan fingerprint density at radius 2 is 1.92 bits per heavy atom. The third-order valence-electron chi connectivity index (χ3n) is 6.06. The summed E-state index contributed by atoms with van der Waals surface area (Å²) in [5.74, 6) is -3.37. The van der Waals surface area contributed by atoms with Crippen LogP contribution in [0.4, 0.5) is 0 Å². The third kappa shape index (κ3) is 1.90. The van der Waals surface area contributed by atoms with Crippen LogP contribution >= 0.6 is 0 Å². The van der Waals surface area contributed by atoms with Crippen molar-refractivity contribution in [3.63, 3.8) is 0 Å². The molecule has 24 heavy (non-hydrogen) atoms. The lowest BCUT2D eigenvalue weighted by Crippen LogP contribution is -2.52. The number of carbonyl (C=O) groups excluding carboxylic acids is 2. The number of likely N-dealkylation sites (tertiary alicyclic amines) is 1. The van der Waals surface area contributed by atoms with E-state index < -0.39 is 23.7 Å². The Labute approximate surface area is 140 Å². The second-order valence-corrected chi connectivity index (χ2v) is 7.26. The van der Waals surface area contributed by atoms with Gasteiger partial charge in [0.05, 0.1) is 17.9 Å². The summed E-state index contributed by atoms with van der Waals surface area (Å²) in [6.45, 7) is 1.85. The summed E-state index contributed by atoms with van der Waals surface area (Å²) < 4.78 is 5.97. The van der Waals surface area contributed by atoms with Crippen molar-refractivity contribution in [2.75, 3.05) is 7.05 Å². The van der Waals surface area contributed by atoms with Gasteiger partial charge in [-0.2, -0.15) is 0 Å². The maximum atomic E-state index is 12.5. The number of amides is 2. The largest absolute Gasteiger partial charge is 0.508 e. The minimum atomic E-state index is -1.45. The number of benzene rings is 1. The summed E-state index contributed by atoms with van der Waals surface area (Å²) in [4.78, 5) is 26.1. The Morgan fingerprint density at radius 1 is 1.21 bits per heavy atom. The van der Waals surface area contributed by atoms with Crippen molar-refractivity contribution in [2.24, 2.45) is 23.7 Å². The molecule has 0 unspecified atom stereocenters. The molecule has 0 aromatic heterocycles. The fourth-order valence-corrected chi connectivity index (χ4v) is 4.75. The van der Waals surface area contributed by atoms with Gasteiger partial charge in [-0.25, -0.2) is 0 Å². The second kappa shape index (κ2) is 5.04. The number of rotatable bonds is 1. The maximum Gasteiger partial charge on any atom is 0.233 e. The smallest absolute Gasteiger partial charge is 0.233 e. The van der Waals surface area contributed by atoms with Gasteiger partial charge in [-0.3, -0.25) is 14.5 Å². The highest BCUT2D eigenvalue weighted by Crippen LogP contribution is 2.58. The average Bonchev–Trinajstić information content (AvgIpc) is 3.00. The summed E-state index contributed by atoms with van der Waals surface area (Å²) in [7, 11) is 1.50. The van der Waals surface area contributed by atoms with Gasteiger partial charge in [0.15, 0.2) is 5.79 Å². The predicted octanol–water partition coefficient (Wildman–Crippen LogP) is 1.43. The first-order valence-electron chi connectivity index (χ1n) is 8.34. The number of carbonyl (C=O) groups is 2. The van der Waals surface area contributed by atoms with E-state index in [1.807, 2.05) is 6.92 Å². The molecule has 3 aliphatic rings. The fourth-order valence-electron chi connectivity index (χ4n) is 4.75. The highest BCUT2D eigenvalue weighted by Gasteiger charge is 2.65. The number of hydrogen-bond acceptors (Lipinski definition) is 5. The first-order chi connectivity index (χ1) is 11.3. The van der Waals surface area contributed by atoms with Gasteiger partial charge in [0.25, 0.3) is 0 Å². The van der Waals surface area contributed by atoms with Crippen molar-refractivity contribution < 1.29 is 24.5 Å². The number of phenols is 1. The molecule has 2 N–H and O–H groups in total. The molecular weight excluding hydrogens is 310 g/mol. The quantitative estimate of drug-likeness (QED) is 0.760. The summed E-state index contributed by atoms with van der Waals surface area (Å²) >= 11 is 0. The number of phenolic OH excluding ortho intramolecular Hbond substituents is 1. The molecule has 1 aromatic carbocycles. The lowest BCUT2D eigenvalue weighted by Gasteiger charge is -2.43. The molecule has 1 aliphatic carbocycles. The molecule has 1 saturated carbocycles. The summed E-state index contributed by atoms with van der Waals surface area (Å²) in [6, 6.07) is 6.86. The average molecular weight is 331 g/mol. The zero-order valence-corrected chi connectivity index (χ0v) is 13.7. The number of ether oxygens (including phenoxy) is 1. The summed E-state index contributed by atoms with van der Waals surface area (Å²) in [6.07, 6.45) is 0.350. The summed E-state index contributed by atoms with van der Waals surface area (Å²) in [5, 5.41) is 21.2. The van der Waals surface area contributed by atoms with E-state index >= 15 is 0 Å². The molecule has 0 radical (unpaired) electrons. The van der Waals surface area contributed by atoms with Crippen LogP contribution in [0.25, 0.3) is 0 Å². The van der Waals surface area contributed by atoms with E-state index in [0.29, 0.717) is 18.4 Å². The Balaban J connectivity index is 1.72. The van der Waals surface area contributed by atoms with E-state index in [2.05, 4.69) is 0 Å². The van der Waals surface area contributed by atoms with E-state index in [9.17, 15) is 19.8 Å². The van der Waals surface area contributed by atoms with Gasteiger partial charge < -0.3 is 14.9 Å². The van der Waals surface area contributed by atoms with Crippen LogP contribution in [0, 0.1) is 23.7 Å². The number of aliphatic hydroxyl groups is 1. The lowest BCUT2D eigenvalue weighted by molar-refractivity contribution is -0.265. The molecule has 3 fully saturated rings. The minimum absolute atomic E-state index is 0.111. The molecule has 0 spiro atoms. The Morgan fingerprint density at radius 3 is 2.62 bits per heavy atom. The van der Waals surface area contributed by atoms with Crippen molar-refractivity contribution in [3.05, 3.63) is 29.8 Å². The zero-order chi connectivity index (χ0) is 17.2. The van der Waals surface area contributed by atoms with Crippen molar-refractivity contribution in [2.45, 2.75) is 31.7 Å². The highest BCUT2D eigenvalue weighted by atomic mass is 16.6. The van der Waals surface area contributed by atoms with Crippen LogP contribution in [0.15, 0.2) is 24.3 Å². The molecule has 6 heteroatoms. The van der Waals surface area contributed by atoms with Crippen LogP contribution in [0.5, 0.6) is 5.75 Å². The standard InChI is InChI=1S/C18H21NO5/c1-9-7-11-15(17(22)19(2)16(11)21)12-8-14(24-18(9,12)23)10-5-3-4-6-13(10)20/h3-6,9,11-12,14-15,20,23H,7-8H2,1-2H3/t9-,11-,12-,14-,15-,18+/m0/s1. The lowest BCUT2D eigenvalue weighted by atomic mass is 9.65. The molecule has 6 atom stereocenters. The summed E-state index contributed by atoms with van der Waals surface area (Å²) in [5.41, 5.74) is 0.606. The molecule has 2 saturated heterocycles. The van der Waals surface area contributed by atoms with Crippen LogP contribution in [0.2, 0.25) is 0 Å². The molecule has 2 heterocycles. The van der Waals surface area contributed by atoms with Crippen LogP contribution < -0.4 is 0 Å². The topological polar surface area (TPSA) is 87.1 Å². The number of imide groups is 1. The van der Waals surface area contributed by atoms with Crippen molar-refractivity contribution >= 4 is 11.8 Å². The van der Waals surface area contributed by atoms with E-state index in [-0.39, 0.29) is 29.4 Å². The van der Waals surface area contributed by atoms with E-state index in [0.717, 1.165) is 0 Å². The first kappa shape index (κ1) is 15.6. The van der Waals surface area contributed by atoms with Crippen LogP contribution in [-0.4, -0.2) is 39.8 Å². The number of hydrogen-bond donors (Lipinski definition) is 2. The predicted molar refractivity (Wildman–Crippen MR) is 83.5 cm³/mol. The second-order valence-electron chi connectivity index (χ2n) is 7.26. The van der Waals surface area contributed by atoms with Crippen LogP contribution in [0.3, 0.4) is 0 Å². The monoisotopic (exact) mass is 331 g/mol. The third-order valence-corrected chi connectivity index (χ3v) is 6.06. The SMILES string of the molecule is C[C@H]1C[C@@H]2C(=O)N(C)C(=O)[C@@H]2[C@@H]2C[C@@H](c3ccccc3O)O[C@]12O. The van der Waals surface area contributed by atoms with Crippen molar-refractivity contribution in [1.29, 1.82) is 0 Å².